The lowest BCUT2D eigenvalue weighted by molar-refractivity contribution is -0.384. The highest BCUT2D eigenvalue weighted by atomic mass is 79.9. The zero-order chi connectivity index (χ0) is 23.8. The quantitative estimate of drug-likeness (QED) is 0.263. The number of benzene rings is 3. The number of anilines is 1. The number of nitro groups is 1. The summed E-state index contributed by atoms with van der Waals surface area (Å²) in [6.07, 6.45) is 1.35. The first kappa shape index (κ1) is 23.6. The molecule has 2 N–H and O–H groups in total. The molecule has 0 fully saturated rings. The van der Waals surface area contributed by atoms with Crippen molar-refractivity contribution in [2.45, 2.75) is 6.92 Å². The maximum atomic E-state index is 12.2. The number of hydrazone groups is 1. The van der Waals surface area contributed by atoms with Crippen LogP contribution in [0.3, 0.4) is 0 Å². The van der Waals surface area contributed by atoms with Crippen LogP contribution in [-0.4, -0.2) is 29.6 Å². The molecule has 10 heteroatoms. The van der Waals surface area contributed by atoms with Crippen molar-refractivity contribution in [1.82, 2.24) is 5.43 Å². The second kappa shape index (κ2) is 11.0. The summed E-state index contributed by atoms with van der Waals surface area (Å²) in [5.41, 5.74) is 4.47. The predicted molar refractivity (Wildman–Crippen MR) is 128 cm³/mol. The van der Waals surface area contributed by atoms with Gasteiger partial charge in [-0.1, -0.05) is 39.7 Å². The molecule has 0 aliphatic heterocycles. The number of ether oxygens (including phenoxy) is 1. The van der Waals surface area contributed by atoms with Crippen molar-refractivity contribution in [2.75, 3.05) is 11.9 Å². The summed E-state index contributed by atoms with van der Waals surface area (Å²) in [5.74, 6) is -0.556. The van der Waals surface area contributed by atoms with Crippen molar-refractivity contribution < 1.29 is 19.2 Å². The Morgan fingerprint density at radius 2 is 1.88 bits per heavy atom. The first-order valence-corrected chi connectivity index (χ1v) is 10.5. The monoisotopic (exact) mass is 510 g/mol. The molecule has 0 unspecified atom stereocenters. The number of hydrogen-bond acceptors (Lipinski definition) is 6. The van der Waals surface area contributed by atoms with Crippen LogP contribution in [-0.2, 0) is 4.79 Å². The molecule has 3 rings (SSSR count). The van der Waals surface area contributed by atoms with Gasteiger partial charge in [0.2, 0.25) is 0 Å². The van der Waals surface area contributed by atoms with Crippen LogP contribution in [0, 0.1) is 17.0 Å². The van der Waals surface area contributed by atoms with Crippen LogP contribution in [0.5, 0.6) is 5.75 Å². The Hall–Kier alpha value is -4.05. The molecule has 0 aliphatic rings. The number of rotatable bonds is 8. The van der Waals surface area contributed by atoms with Gasteiger partial charge in [0.1, 0.15) is 5.75 Å². The predicted octanol–water partition coefficient (Wildman–Crippen LogP) is 4.45. The third-order valence-electron chi connectivity index (χ3n) is 4.35. The number of hydrogen-bond donors (Lipinski definition) is 2. The zero-order valence-electron chi connectivity index (χ0n) is 17.4. The molecule has 3 aromatic rings. The number of aryl methyl sites for hydroxylation is 1. The third kappa shape index (κ3) is 6.97. The van der Waals surface area contributed by atoms with Crippen LogP contribution >= 0.6 is 15.9 Å². The molecule has 0 saturated carbocycles. The van der Waals surface area contributed by atoms with Crippen molar-refractivity contribution in [3.05, 3.63) is 98.0 Å². The van der Waals surface area contributed by atoms with E-state index in [-0.39, 0.29) is 23.8 Å². The van der Waals surface area contributed by atoms with Gasteiger partial charge in [0, 0.05) is 33.4 Å². The molecule has 2 amide bonds. The first-order chi connectivity index (χ1) is 15.8. The van der Waals surface area contributed by atoms with Gasteiger partial charge >= 0.3 is 0 Å². The zero-order valence-corrected chi connectivity index (χ0v) is 19.0. The summed E-state index contributed by atoms with van der Waals surface area (Å²) < 4.78 is 6.36. The van der Waals surface area contributed by atoms with Crippen LogP contribution in [0.1, 0.15) is 21.5 Å². The van der Waals surface area contributed by atoms with Gasteiger partial charge in [0.25, 0.3) is 17.5 Å². The normalized spacial score (nSPS) is 10.6. The van der Waals surface area contributed by atoms with E-state index in [0.29, 0.717) is 17.0 Å². The fraction of sp³-hybridized carbons (Fsp3) is 0.0870. The Kier molecular flexibility index (Phi) is 7.87. The Morgan fingerprint density at radius 3 is 2.61 bits per heavy atom. The summed E-state index contributed by atoms with van der Waals surface area (Å²) in [6, 6.07) is 17.8. The highest BCUT2D eigenvalue weighted by molar-refractivity contribution is 9.10. The maximum Gasteiger partial charge on any atom is 0.271 e. The standard InChI is InChI=1S/C23H19BrN4O5/c1-15-5-8-19(9-6-15)26-22(29)14-33-21-10-7-18(24)11-17(21)13-25-27-23(30)16-3-2-4-20(12-16)28(31)32/h2-13H,14H2,1H3,(H,26,29)(H,27,30)/b25-13+. The molecule has 0 aromatic heterocycles. The van der Waals surface area contributed by atoms with E-state index in [2.05, 4.69) is 31.8 Å². The molecule has 9 nitrogen and oxygen atoms in total. The second-order valence-electron chi connectivity index (χ2n) is 6.89. The number of nitrogens with zero attached hydrogens (tertiary/aromatic N) is 2. The molecule has 33 heavy (non-hydrogen) atoms. The number of halogens is 1. The van der Waals surface area contributed by atoms with E-state index in [1.807, 2.05) is 19.1 Å². The van der Waals surface area contributed by atoms with Crippen molar-refractivity contribution in [3.63, 3.8) is 0 Å². The van der Waals surface area contributed by atoms with Crippen molar-refractivity contribution in [2.24, 2.45) is 5.10 Å². The average molecular weight is 511 g/mol. The topological polar surface area (TPSA) is 123 Å². The molecular weight excluding hydrogens is 492 g/mol. The summed E-state index contributed by atoms with van der Waals surface area (Å²) in [4.78, 5) is 34.7. The van der Waals surface area contributed by atoms with E-state index in [1.165, 1.54) is 24.4 Å². The van der Waals surface area contributed by atoms with Crippen LogP contribution in [0.4, 0.5) is 11.4 Å². The van der Waals surface area contributed by atoms with E-state index in [9.17, 15) is 19.7 Å². The number of nitrogens with one attached hydrogen (secondary N) is 2. The minimum absolute atomic E-state index is 0.0971. The van der Waals surface area contributed by atoms with E-state index >= 15 is 0 Å². The first-order valence-electron chi connectivity index (χ1n) is 9.68. The molecule has 168 valence electrons. The maximum absolute atomic E-state index is 12.2. The molecule has 0 aliphatic carbocycles. The van der Waals surface area contributed by atoms with E-state index in [0.717, 1.165) is 16.1 Å². The number of nitro benzene ring substituents is 1. The Morgan fingerprint density at radius 1 is 1.12 bits per heavy atom. The van der Waals surface area contributed by atoms with E-state index in [4.69, 9.17) is 4.74 Å². The van der Waals surface area contributed by atoms with Gasteiger partial charge in [0.05, 0.1) is 11.1 Å². The van der Waals surface area contributed by atoms with Crippen LogP contribution in [0.25, 0.3) is 0 Å². The van der Waals surface area contributed by atoms with Gasteiger partial charge in [-0.2, -0.15) is 5.10 Å². The fourth-order valence-corrected chi connectivity index (χ4v) is 3.09. The third-order valence-corrected chi connectivity index (χ3v) is 4.85. The minimum Gasteiger partial charge on any atom is -0.483 e. The van der Waals surface area contributed by atoms with Gasteiger partial charge in [-0.05, 0) is 43.3 Å². The van der Waals surface area contributed by atoms with Gasteiger partial charge in [0.15, 0.2) is 6.61 Å². The minimum atomic E-state index is -0.607. The lowest BCUT2D eigenvalue weighted by atomic mass is 10.2. The molecule has 0 bridgehead atoms. The molecule has 0 spiro atoms. The average Bonchev–Trinajstić information content (AvgIpc) is 2.80. The molecule has 3 aromatic carbocycles. The number of carbonyl (C=O) groups excluding carboxylic acids is 2. The number of amides is 2. The highest BCUT2D eigenvalue weighted by Gasteiger charge is 2.11. The summed E-state index contributed by atoms with van der Waals surface area (Å²) in [5, 5.41) is 17.5. The smallest absolute Gasteiger partial charge is 0.271 e. The van der Waals surface area contributed by atoms with Crippen molar-refractivity contribution >= 4 is 45.3 Å². The Balaban J connectivity index is 1.63. The van der Waals surface area contributed by atoms with Gasteiger partial charge in [-0.25, -0.2) is 5.43 Å². The van der Waals surface area contributed by atoms with Crippen LogP contribution in [0.2, 0.25) is 0 Å². The Bertz CT molecular complexity index is 1210. The van der Waals surface area contributed by atoms with Gasteiger partial charge in [-0.15, -0.1) is 0 Å². The van der Waals surface area contributed by atoms with Gasteiger partial charge < -0.3 is 10.1 Å². The molecule has 0 heterocycles. The summed E-state index contributed by atoms with van der Waals surface area (Å²) in [7, 11) is 0. The molecule has 0 atom stereocenters. The summed E-state index contributed by atoms with van der Waals surface area (Å²) >= 11 is 3.36. The van der Waals surface area contributed by atoms with Gasteiger partial charge in [-0.3, -0.25) is 19.7 Å². The fourth-order valence-electron chi connectivity index (χ4n) is 2.71. The summed E-state index contributed by atoms with van der Waals surface area (Å²) in [6.45, 7) is 1.73. The number of non-ortho nitro benzene ring substituents is 1. The highest BCUT2D eigenvalue weighted by Crippen LogP contribution is 2.22. The van der Waals surface area contributed by atoms with Crippen molar-refractivity contribution in [1.29, 1.82) is 0 Å². The lowest BCUT2D eigenvalue weighted by Gasteiger charge is -2.10. The van der Waals surface area contributed by atoms with Crippen LogP contribution in [0.15, 0.2) is 76.3 Å². The molecule has 0 radical (unpaired) electrons. The van der Waals surface area contributed by atoms with Crippen LogP contribution < -0.4 is 15.5 Å². The Labute approximate surface area is 197 Å². The van der Waals surface area contributed by atoms with Crippen molar-refractivity contribution in [3.8, 4) is 5.75 Å². The lowest BCUT2D eigenvalue weighted by Crippen LogP contribution is -2.20. The number of carbonyl (C=O) groups is 2. The second-order valence-corrected chi connectivity index (χ2v) is 7.81. The molecular formula is C23H19BrN4O5. The molecule has 0 saturated heterocycles. The SMILES string of the molecule is Cc1ccc(NC(=O)COc2ccc(Br)cc2/C=N/NC(=O)c2cccc([N+](=O)[O-])c2)cc1. The van der Waals surface area contributed by atoms with E-state index < -0.39 is 10.8 Å². The largest absolute Gasteiger partial charge is 0.483 e. The van der Waals surface area contributed by atoms with E-state index in [1.54, 1.807) is 30.3 Å².